The molecular formula is C22H27N3O2. The Bertz CT molecular complexity index is 822. The molecule has 0 radical (unpaired) electrons. The highest BCUT2D eigenvalue weighted by atomic mass is 16.2. The molecule has 0 unspecified atom stereocenters. The second-order valence-corrected chi connectivity index (χ2v) is 7.37. The van der Waals surface area contributed by atoms with E-state index >= 15 is 0 Å². The molecule has 0 aromatic heterocycles. The van der Waals surface area contributed by atoms with E-state index in [1.165, 1.54) is 11.1 Å². The summed E-state index contributed by atoms with van der Waals surface area (Å²) in [5.74, 6) is -0.460. The molecule has 1 aliphatic heterocycles. The minimum Gasteiger partial charge on any atom is -0.366 e. The minimum absolute atomic E-state index is 0.00379. The Labute approximate surface area is 160 Å². The maximum atomic E-state index is 12.7. The molecule has 1 aliphatic rings. The van der Waals surface area contributed by atoms with E-state index in [0.29, 0.717) is 11.3 Å². The van der Waals surface area contributed by atoms with Crippen LogP contribution in [0.15, 0.2) is 42.5 Å². The first-order chi connectivity index (χ1) is 12.9. The summed E-state index contributed by atoms with van der Waals surface area (Å²) in [5.41, 5.74) is 9.79. The number of hydrogen-bond acceptors (Lipinski definition) is 3. The number of aryl methyl sites for hydroxylation is 1. The summed E-state index contributed by atoms with van der Waals surface area (Å²) in [4.78, 5) is 26.5. The highest BCUT2D eigenvalue weighted by molar-refractivity contribution is 5.99. The first kappa shape index (κ1) is 19.1. The van der Waals surface area contributed by atoms with Crippen molar-refractivity contribution in [1.82, 2.24) is 4.90 Å². The summed E-state index contributed by atoms with van der Waals surface area (Å²) in [7, 11) is 0. The van der Waals surface area contributed by atoms with Crippen LogP contribution >= 0.6 is 0 Å². The third kappa shape index (κ3) is 4.74. The van der Waals surface area contributed by atoms with Crippen molar-refractivity contribution < 1.29 is 9.59 Å². The fraction of sp³-hybridized carbons (Fsp3) is 0.364. The molecule has 2 amide bonds. The van der Waals surface area contributed by atoms with Crippen LogP contribution in [-0.2, 0) is 11.3 Å². The summed E-state index contributed by atoms with van der Waals surface area (Å²) < 4.78 is 0. The molecule has 0 bridgehead atoms. The van der Waals surface area contributed by atoms with Crippen molar-refractivity contribution in [3.05, 3.63) is 64.7 Å². The lowest BCUT2D eigenvalue weighted by atomic mass is 9.95. The van der Waals surface area contributed by atoms with Crippen molar-refractivity contribution in [2.45, 2.75) is 33.2 Å². The van der Waals surface area contributed by atoms with Crippen molar-refractivity contribution >= 4 is 17.5 Å². The quantitative estimate of drug-likeness (QED) is 0.854. The van der Waals surface area contributed by atoms with Crippen molar-refractivity contribution in [1.29, 1.82) is 0 Å². The highest BCUT2D eigenvalue weighted by Crippen LogP contribution is 2.23. The Kier molecular flexibility index (Phi) is 5.91. The molecule has 5 nitrogen and oxygen atoms in total. The number of anilines is 1. The number of carbonyl (C=O) groups excluding carboxylic acids is 2. The zero-order chi connectivity index (χ0) is 19.4. The lowest BCUT2D eigenvalue weighted by Gasteiger charge is -2.31. The van der Waals surface area contributed by atoms with Gasteiger partial charge < -0.3 is 11.1 Å². The number of piperidine rings is 1. The van der Waals surface area contributed by atoms with Crippen LogP contribution in [0.25, 0.3) is 0 Å². The van der Waals surface area contributed by atoms with E-state index in [-0.39, 0.29) is 11.8 Å². The van der Waals surface area contributed by atoms with Gasteiger partial charge in [-0.15, -0.1) is 0 Å². The fourth-order valence-electron chi connectivity index (χ4n) is 3.58. The summed E-state index contributed by atoms with van der Waals surface area (Å²) in [6, 6.07) is 13.8. The van der Waals surface area contributed by atoms with Gasteiger partial charge in [0, 0.05) is 23.7 Å². The number of nitrogens with one attached hydrogen (secondary N) is 1. The first-order valence-electron chi connectivity index (χ1n) is 9.42. The molecule has 0 atom stereocenters. The predicted octanol–water partition coefficient (Wildman–Crippen LogP) is 3.25. The number of amides is 2. The topological polar surface area (TPSA) is 75.4 Å². The average Bonchev–Trinajstić information content (AvgIpc) is 2.65. The standard InChI is InChI=1S/C22H27N3O2/c1-15-6-8-17(9-7-15)14-25-12-10-18(11-13-25)22(27)24-20-5-3-4-19(16(20)2)21(23)26/h3-9,18H,10-14H2,1-2H3,(H2,23,26)(H,24,27). The third-order valence-corrected chi connectivity index (χ3v) is 5.34. The molecule has 1 saturated heterocycles. The number of benzene rings is 2. The fourth-order valence-corrected chi connectivity index (χ4v) is 3.58. The number of likely N-dealkylation sites (tertiary alicyclic amines) is 1. The van der Waals surface area contributed by atoms with Gasteiger partial charge in [0.05, 0.1) is 0 Å². The van der Waals surface area contributed by atoms with Crippen molar-refractivity contribution in [3.63, 3.8) is 0 Å². The van der Waals surface area contributed by atoms with Gasteiger partial charge in [0.1, 0.15) is 0 Å². The Morgan fingerprint density at radius 3 is 2.37 bits per heavy atom. The lowest BCUT2D eigenvalue weighted by Crippen LogP contribution is -2.37. The van der Waals surface area contributed by atoms with Gasteiger partial charge >= 0.3 is 0 Å². The molecule has 1 heterocycles. The molecule has 2 aromatic carbocycles. The molecule has 2 aromatic rings. The second kappa shape index (κ2) is 8.35. The lowest BCUT2D eigenvalue weighted by molar-refractivity contribution is -0.121. The van der Waals surface area contributed by atoms with Crippen LogP contribution < -0.4 is 11.1 Å². The van der Waals surface area contributed by atoms with E-state index in [0.717, 1.165) is 38.0 Å². The van der Waals surface area contributed by atoms with Crippen LogP contribution in [0.4, 0.5) is 5.69 Å². The number of primary amides is 1. The molecule has 3 N–H and O–H groups in total. The zero-order valence-corrected chi connectivity index (χ0v) is 16.0. The maximum Gasteiger partial charge on any atom is 0.249 e. The molecule has 1 fully saturated rings. The average molecular weight is 365 g/mol. The van der Waals surface area contributed by atoms with Crippen LogP contribution in [0.3, 0.4) is 0 Å². The van der Waals surface area contributed by atoms with E-state index in [1.54, 1.807) is 19.1 Å². The van der Waals surface area contributed by atoms with Crippen LogP contribution in [0.2, 0.25) is 0 Å². The van der Waals surface area contributed by atoms with Crippen LogP contribution in [0, 0.1) is 19.8 Å². The second-order valence-electron chi connectivity index (χ2n) is 7.37. The molecule has 0 saturated carbocycles. The summed E-state index contributed by atoms with van der Waals surface area (Å²) in [5, 5.41) is 2.98. The molecule has 0 spiro atoms. The van der Waals surface area contributed by atoms with E-state index in [4.69, 9.17) is 5.73 Å². The minimum atomic E-state index is -0.479. The molecular weight excluding hydrogens is 338 g/mol. The Morgan fingerprint density at radius 1 is 1.07 bits per heavy atom. The molecule has 3 rings (SSSR count). The normalized spacial score (nSPS) is 15.5. The number of hydrogen-bond donors (Lipinski definition) is 2. The van der Waals surface area contributed by atoms with Gasteiger partial charge in [0.25, 0.3) is 0 Å². The van der Waals surface area contributed by atoms with E-state index in [2.05, 4.69) is 41.4 Å². The number of carbonyl (C=O) groups is 2. The van der Waals surface area contributed by atoms with Gasteiger partial charge in [-0.1, -0.05) is 35.9 Å². The van der Waals surface area contributed by atoms with E-state index in [9.17, 15) is 9.59 Å². The zero-order valence-electron chi connectivity index (χ0n) is 16.0. The summed E-state index contributed by atoms with van der Waals surface area (Å²) in [6.45, 7) is 6.64. The third-order valence-electron chi connectivity index (χ3n) is 5.34. The number of rotatable bonds is 5. The van der Waals surface area contributed by atoms with Gasteiger partial charge in [-0.05, 0) is 63.0 Å². The van der Waals surface area contributed by atoms with E-state index < -0.39 is 5.91 Å². The number of nitrogens with two attached hydrogens (primary N) is 1. The van der Waals surface area contributed by atoms with Gasteiger partial charge in [0.2, 0.25) is 11.8 Å². The van der Waals surface area contributed by atoms with Gasteiger partial charge in [-0.25, -0.2) is 0 Å². The van der Waals surface area contributed by atoms with Crippen LogP contribution in [0.1, 0.15) is 39.9 Å². The van der Waals surface area contributed by atoms with Crippen molar-refractivity contribution in [2.24, 2.45) is 11.7 Å². The Hall–Kier alpha value is -2.66. The Balaban J connectivity index is 1.55. The molecule has 0 aliphatic carbocycles. The monoisotopic (exact) mass is 365 g/mol. The maximum absolute atomic E-state index is 12.7. The summed E-state index contributed by atoms with van der Waals surface area (Å²) in [6.07, 6.45) is 1.68. The molecule has 142 valence electrons. The molecule has 27 heavy (non-hydrogen) atoms. The largest absolute Gasteiger partial charge is 0.366 e. The Morgan fingerprint density at radius 2 is 1.74 bits per heavy atom. The van der Waals surface area contributed by atoms with Crippen LogP contribution in [0.5, 0.6) is 0 Å². The summed E-state index contributed by atoms with van der Waals surface area (Å²) >= 11 is 0. The van der Waals surface area contributed by atoms with Gasteiger partial charge in [-0.3, -0.25) is 14.5 Å². The molecule has 5 heteroatoms. The van der Waals surface area contributed by atoms with Gasteiger partial charge in [0.15, 0.2) is 0 Å². The van der Waals surface area contributed by atoms with Gasteiger partial charge in [-0.2, -0.15) is 0 Å². The van der Waals surface area contributed by atoms with E-state index in [1.807, 2.05) is 6.07 Å². The van der Waals surface area contributed by atoms with Crippen molar-refractivity contribution in [3.8, 4) is 0 Å². The number of nitrogens with zero attached hydrogens (tertiary/aromatic N) is 1. The smallest absolute Gasteiger partial charge is 0.249 e. The predicted molar refractivity (Wildman–Crippen MR) is 108 cm³/mol. The highest BCUT2D eigenvalue weighted by Gasteiger charge is 2.25. The van der Waals surface area contributed by atoms with Crippen molar-refractivity contribution in [2.75, 3.05) is 18.4 Å². The SMILES string of the molecule is Cc1ccc(CN2CCC(C(=O)Nc3cccc(C(N)=O)c3C)CC2)cc1. The first-order valence-corrected chi connectivity index (χ1v) is 9.42. The van der Waals surface area contributed by atoms with Crippen LogP contribution in [-0.4, -0.2) is 29.8 Å².